The number of benzene rings is 1. The molecule has 1 aromatic carbocycles. The predicted molar refractivity (Wildman–Crippen MR) is 165 cm³/mol. The zero-order valence-electron chi connectivity index (χ0n) is 26.1. The van der Waals surface area contributed by atoms with E-state index in [4.69, 9.17) is 9.05 Å². The number of hydrogen-bond acceptors (Lipinski definition) is 4. The Morgan fingerprint density at radius 2 is 1.00 bits per heavy atom. The molecule has 1 rings (SSSR count). The maximum atomic E-state index is 12.3. The molecule has 0 saturated carbocycles. The van der Waals surface area contributed by atoms with Crippen LogP contribution in [0.3, 0.4) is 0 Å². The first-order chi connectivity index (χ1) is 18.0. The molecule has 0 aromatic heterocycles. The molecular weight excluding hydrogens is 491 g/mol. The highest BCUT2D eigenvalue weighted by Gasteiger charge is 2.26. The first-order valence-corrected chi connectivity index (χ1v) is 16.9. The second kappa shape index (κ2) is 19.3. The van der Waals surface area contributed by atoms with E-state index in [9.17, 15) is 9.67 Å². The van der Waals surface area contributed by atoms with E-state index in [2.05, 4.69) is 48.5 Å². The van der Waals surface area contributed by atoms with Crippen LogP contribution in [-0.4, -0.2) is 11.7 Å². The minimum absolute atomic E-state index is 0.199. The van der Waals surface area contributed by atoms with E-state index in [1.807, 2.05) is 12.1 Å². The molecule has 0 heterocycles. The highest BCUT2D eigenvalue weighted by Crippen LogP contribution is 2.40. The quantitative estimate of drug-likeness (QED) is 0.122. The van der Waals surface area contributed by atoms with Gasteiger partial charge in [-0.25, -0.2) is 0 Å². The Hall–Kier alpha value is -0.830. The molecule has 0 aliphatic heterocycles. The summed E-state index contributed by atoms with van der Waals surface area (Å²) in [4.78, 5) is 0. The summed E-state index contributed by atoms with van der Waals surface area (Å²) < 4.78 is 23.3. The largest absolute Gasteiger partial charge is 0.507 e. The minimum Gasteiger partial charge on any atom is -0.507 e. The summed E-state index contributed by atoms with van der Waals surface area (Å²) in [7, 11) is -2.53. The number of rotatable bonds is 21. The average Bonchev–Trinajstić information content (AvgIpc) is 2.83. The minimum atomic E-state index is -2.53. The second-order valence-electron chi connectivity index (χ2n) is 13.2. The van der Waals surface area contributed by atoms with Gasteiger partial charge < -0.3 is 14.2 Å². The third-order valence-electron chi connectivity index (χ3n) is 7.36. The number of phenolic OH excluding ortho intramolecular Hbond substituents is 1. The van der Waals surface area contributed by atoms with Crippen molar-refractivity contribution in [3.8, 4) is 5.75 Å². The summed E-state index contributed by atoms with van der Waals surface area (Å²) in [6.45, 7) is 15.5. The van der Waals surface area contributed by atoms with E-state index >= 15 is 0 Å². The van der Waals surface area contributed by atoms with Crippen molar-refractivity contribution in [3.05, 3.63) is 28.8 Å². The highest BCUT2D eigenvalue weighted by molar-refractivity contribution is 7.33. The van der Waals surface area contributed by atoms with Crippen molar-refractivity contribution in [2.45, 2.75) is 169 Å². The van der Waals surface area contributed by atoms with Crippen LogP contribution in [0.15, 0.2) is 12.1 Å². The molecule has 0 aliphatic carbocycles. The molecule has 0 amide bonds. The SMILES string of the molecule is CCCCCCCCCCCCCCCCCCO[PH](=O)OCc1cc(C(C)(C)C)c(O)c(C(C)(C)C)c1. The van der Waals surface area contributed by atoms with Crippen LogP contribution in [0.4, 0.5) is 0 Å². The summed E-state index contributed by atoms with van der Waals surface area (Å²) >= 11 is 0. The highest BCUT2D eigenvalue weighted by atomic mass is 31.1. The Labute approximate surface area is 236 Å². The molecule has 0 spiro atoms. The fraction of sp³-hybridized carbons (Fsp3) is 0.818. The molecular formula is C33H61O4P. The monoisotopic (exact) mass is 552 g/mol. The standard InChI is InChI=1S/C33H61O4P/c1-8-9-10-11-12-13-14-15-16-17-18-19-20-21-22-23-24-36-38(35)37-27-28-25-29(32(2,3)4)31(34)30(26-28)33(5,6)7/h25-26,34,38H,8-24,27H2,1-7H3. The number of phenols is 1. The Kier molecular flexibility index (Phi) is 17.9. The molecule has 4 nitrogen and oxygen atoms in total. The number of aromatic hydroxyl groups is 1. The van der Waals surface area contributed by atoms with Gasteiger partial charge in [-0.15, -0.1) is 0 Å². The van der Waals surface area contributed by atoms with Gasteiger partial charge in [-0.1, -0.05) is 145 Å². The molecule has 1 atom stereocenters. The van der Waals surface area contributed by atoms with Gasteiger partial charge >= 0.3 is 8.25 Å². The topological polar surface area (TPSA) is 55.8 Å². The molecule has 0 radical (unpaired) electrons. The van der Waals surface area contributed by atoms with Crippen molar-refractivity contribution < 1.29 is 18.7 Å². The van der Waals surface area contributed by atoms with E-state index in [1.165, 1.54) is 89.9 Å². The third kappa shape index (κ3) is 15.7. The van der Waals surface area contributed by atoms with Gasteiger partial charge in [0, 0.05) is 0 Å². The second-order valence-corrected chi connectivity index (χ2v) is 14.3. The molecule has 0 saturated heterocycles. The van der Waals surface area contributed by atoms with Crippen molar-refractivity contribution in [1.29, 1.82) is 0 Å². The number of hydrogen-bond donors (Lipinski definition) is 1. The summed E-state index contributed by atoms with van der Waals surface area (Å²) in [5.74, 6) is 0.348. The average molecular weight is 553 g/mol. The lowest BCUT2D eigenvalue weighted by molar-refractivity contribution is 0.215. The van der Waals surface area contributed by atoms with Gasteiger partial charge in [0.15, 0.2) is 0 Å². The van der Waals surface area contributed by atoms with Gasteiger partial charge in [-0.2, -0.15) is 0 Å². The zero-order valence-corrected chi connectivity index (χ0v) is 27.1. The normalized spacial score (nSPS) is 13.2. The van der Waals surface area contributed by atoms with Crippen molar-refractivity contribution in [2.75, 3.05) is 6.61 Å². The lowest BCUT2D eigenvalue weighted by Gasteiger charge is -2.28. The molecule has 222 valence electrons. The molecule has 1 N–H and O–H groups in total. The van der Waals surface area contributed by atoms with Crippen molar-refractivity contribution in [2.24, 2.45) is 0 Å². The lowest BCUT2D eigenvalue weighted by Crippen LogP contribution is -2.18. The van der Waals surface area contributed by atoms with Crippen LogP contribution in [0.2, 0.25) is 0 Å². The summed E-state index contributed by atoms with van der Waals surface area (Å²) in [5.41, 5.74) is 2.29. The summed E-state index contributed by atoms with van der Waals surface area (Å²) in [6, 6.07) is 3.94. The predicted octanol–water partition coefficient (Wildman–Crippen LogP) is 11.2. The maximum absolute atomic E-state index is 12.3. The Bertz CT molecular complexity index is 741. The molecule has 1 aromatic rings. The van der Waals surface area contributed by atoms with Crippen molar-refractivity contribution in [3.63, 3.8) is 0 Å². The summed E-state index contributed by atoms with van der Waals surface area (Å²) in [5, 5.41) is 10.9. The zero-order chi connectivity index (χ0) is 28.4. The van der Waals surface area contributed by atoms with E-state index < -0.39 is 8.25 Å². The van der Waals surface area contributed by atoms with Gasteiger partial charge in [-0.3, -0.25) is 4.57 Å². The van der Waals surface area contributed by atoms with Gasteiger partial charge in [0.05, 0.1) is 13.2 Å². The van der Waals surface area contributed by atoms with E-state index in [1.54, 1.807) is 0 Å². The Balaban J connectivity index is 2.13. The van der Waals surface area contributed by atoms with Crippen molar-refractivity contribution in [1.82, 2.24) is 0 Å². The fourth-order valence-corrected chi connectivity index (χ4v) is 5.59. The van der Waals surface area contributed by atoms with Crippen LogP contribution in [0, 0.1) is 0 Å². The fourth-order valence-electron chi connectivity index (χ4n) is 4.91. The Morgan fingerprint density at radius 1 is 0.632 bits per heavy atom. The van der Waals surface area contributed by atoms with Crippen LogP contribution in [0.5, 0.6) is 5.75 Å². The molecule has 0 bridgehead atoms. The van der Waals surface area contributed by atoms with Crippen LogP contribution >= 0.6 is 8.25 Å². The molecule has 0 aliphatic rings. The van der Waals surface area contributed by atoms with E-state index in [-0.39, 0.29) is 17.4 Å². The van der Waals surface area contributed by atoms with Gasteiger partial charge in [0.1, 0.15) is 5.75 Å². The lowest BCUT2D eigenvalue weighted by atomic mass is 9.78. The third-order valence-corrected chi connectivity index (χ3v) is 8.18. The van der Waals surface area contributed by atoms with Crippen LogP contribution in [0.25, 0.3) is 0 Å². The molecule has 5 heteroatoms. The van der Waals surface area contributed by atoms with Crippen LogP contribution < -0.4 is 0 Å². The molecule has 1 unspecified atom stereocenters. The van der Waals surface area contributed by atoms with Gasteiger partial charge in [0.25, 0.3) is 0 Å². The summed E-state index contributed by atoms with van der Waals surface area (Å²) in [6.07, 6.45) is 21.3. The maximum Gasteiger partial charge on any atom is 0.319 e. The van der Waals surface area contributed by atoms with Gasteiger partial charge in [-0.05, 0) is 46.1 Å². The molecule has 38 heavy (non-hydrogen) atoms. The number of unbranched alkanes of at least 4 members (excludes halogenated alkanes) is 15. The first-order valence-electron chi connectivity index (χ1n) is 15.6. The van der Waals surface area contributed by atoms with E-state index in [0.29, 0.717) is 12.4 Å². The van der Waals surface area contributed by atoms with Crippen molar-refractivity contribution >= 4 is 8.25 Å². The van der Waals surface area contributed by atoms with Crippen LogP contribution in [-0.2, 0) is 31.0 Å². The van der Waals surface area contributed by atoms with E-state index in [0.717, 1.165) is 29.5 Å². The Morgan fingerprint density at radius 3 is 1.37 bits per heavy atom. The smallest absolute Gasteiger partial charge is 0.319 e. The molecule has 0 fully saturated rings. The first kappa shape index (κ1) is 35.2. The van der Waals surface area contributed by atoms with Crippen LogP contribution in [0.1, 0.15) is 168 Å². The van der Waals surface area contributed by atoms with Gasteiger partial charge in [0.2, 0.25) is 0 Å².